The van der Waals surface area contributed by atoms with E-state index < -0.39 is 11.7 Å². The van der Waals surface area contributed by atoms with E-state index in [9.17, 15) is 13.2 Å². The average Bonchev–Trinajstić information content (AvgIpc) is 2.78. The molecule has 0 aromatic heterocycles. The molecule has 20 heavy (non-hydrogen) atoms. The highest BCUT2D eigenvalue weighted by Gasteiger charge is 2.39. The second-order valence-corrected chi connectivity index (χ2v) is 5.56. The van der Waals surface area contributed by atoms with Gasteiger partial charge in [0.25, 0.3) is 0 Å². The lowest BCUT2D eigenvalue weighted by Gasteiger charge is -2.34. The summed E-state index contributed by atoms with van der Waals surface area (Å²) in [6, 6.07) is 3.81. The number of aryl methyl sites for hydroxylation is 1. The molecule has 0 amide bonds. The Hall–Kier alpha value is -1.07. The lowest BCUT2D eigenvalue weighted by Crippen LogP contribution is -2.40. The fourth-order valence-corrected chi connectivity index (χ4v) is 2.99. The summed E-state index contributed by atoms with van der Waals surface area (Å²) in [4.78, 5) is 0. The van der Waals surface area contributed by atoms with Crippen molar-refractivity contribution in [3.05, 3.63) is 34.9 Å². The average molecular weight is 287 g/mol. The molecule has 0 saturated carbocycles. The molecule has 1 aromatic carbocycles. The molecule has 2 rings (SSSR count). The molecule has 1 aliphatic rings. The zero-order valence-electron chi connectivity index (χ0n) is 12.0. The molecule has 112 valence electrons. The van der Waals surface area contributed by atoms with Crippen molar-refractivity contribution in [2.24, 2.45) is 0 Å². The Kier molecular flexibility index (Phi) is 4.12. The minimum Gasteiger partial charge on any atom is -0.373 e. The first-order chi connectivity index (χ1) is 9.28. The summed E-state index contributed by atoms with van der Waals surface area (Å²) in [6.45, 7) is 4.43. The Morgan fingerprint density at radius 2 is 2.05 bits per heavy atom. The van der Waals surface area contributed by atoms with Crippen LogP contribution in [0.25, 0.3) is 0 Å². The van der Waals surface area contributed by atoms with Gasteiger partial charge in [0.2, 0.25) is 0 Å². The van der Waals surface area contributed by atoms with Crippen LogP contribution in [0.3, 0.4) is 0 Å². The first-order valence-corrected chi connectivity index (χ1v) is 6.77. The van der Waals surface area contributed by atoms with Crippen LogP contribution < -0.4 is 5.32 Å². The van der Waals surface area contributed by atoms with Crippen molar-refractivity contribution in [1.82, 2.24) is 5.32 Å². The second kappa shape index (κ2) is 5.37. The summed E-state index contributed by atoms with van der Waals surface area (Å²) in [7, 11) is 1.81. The van der Waals surface area contributed by atoms with Gasteiger partial charge in [-0.1, -0.05) is 6.07 Å². The number of likely N-dealkylation sites (N-methyl/N-ethyl adjacent to an activating group) is 1. The van der Waals surface area contributed by atoms with Gasteiger partial charge in [-0.2, -0.15) is 13.2 Å². The fraction of sp³-hybridized carbons (Fsp3) is 0.600. The molecular weight excluding hydrogens is 267 g/mol. The van der Waals surface area contributed by atoms with Gasteiger partial charge in [0.05, 0.1) is 17.2 Å². The maximum Gasteiger partial charge on any atom is 0.416 e. The van der Waals surface area contributed by atoms with Gasteiger partial charge in [0, 0.05) is 6.61 Å². The van der Waals surface area contributed by atoms with Gasteiger partial charge in [-0.15, -0.1) is 0 Å². The number of hydrogen-bond acceptors (Lipinski definition) is 2. The SMILES string of the molecule is CNC(c1ccc(C(F)(F)F)cc1C)C1(C)CCCO1. The van der Waals surface area contributed by atoms with E-state index in [1.807, 2.05) is 14.0 Å². The second-order valence-electron chi connectivity index (χ2n) is 5.56. The number of ether oxygens (including phenoxy) is 1. The smallest absolute Gasteiger partial charge is 0.373 e. The number of benzene rings is 1. The number of rotatable bonds is 3. The monoisotopic (exact) mass is 287 g/mol. The van der Waals surface area contributed by atoms with Crippen LogP contribution in [0.2, 0.25) is 0 Å². The normalized spacial score (nSPS) is 24.9. The molecule has 1 fully saturated rings. The third-order valence-corrected chi connectivity index (χ3v) is 4.06. The first kappa shape index (κ1) is 15.3. The number of nitrogens with one attached hydrogen (secondary N) is 1. The summed E-state index contributed by atoms with van der Waals surface area (Å²) >= 11 is 0. The highest BCUT2D eigenvalue weighted by molar-refractivity contribution is 5.36. The highest BCUT2D eigenvalue weighted by atomic mass is 19.4. The Labute approximate surface area is 117 Å². The van der Waals surface area contributed by atoms with Gasteiger partial charge < -0.3 is 10.1 Å². The van der Waals surface area contributed by atoms with Crippen LogP contribution in [-0.2, 0) is 10.9 Å². The molecule has 2 atom stereocenters. The lowest BCUT2D eigenvalue weighted by atomic mass is 9.85. The van der Waals surface area contributed by atoms with Crippen LogP contribution in [0.1, 0.15) is 42.5 Å². The summed E-state index contributed by atoms with van der Waals surface area (Å²) in [6.07, 6.45) is -2.42. The standard InChI is InChI=1S/C15H20F3NO/c1-10-9-11(15(16,17)18)5-6-12(10)13(19-3)14(2)7-4-8-20-14/h5-6,9,13,19H,4,7-8H2,1-3H3. The molecule has 2 unspecified atom stereocenters. The molecule has 1 heterocycles. The van der Waals surface area contributed by atoms with Crippen molar-refractivity contribution in [2.45, 2.75) is 44.5 Å². The maximum atomic E-state index is 12.7. The molecule has 0 spiro atoms. The Morgan fingerprint density at radius 1 is 1.35 bits per heavy atom. The van der Waals surface area contributed by atoms with E-state index in [0.29, 0.717) is 12.2 Å². The van der Waals surface area contributed by atoms with Gasteiger partial charge in [-0.25, -0.2) is 0 Å². The quantitative estimate of drug-likeness (QED) is 0.912. The molecule has 0 aliphatic carbocycles. The van der Waals surface area contributed by atoms with Crippen molar-refractivity contribution >= 4 is 0 Å². The number of alkyl halides is 3. The van der Waals surface area contributed by atoms with E-state index >= 15 is 0 Å². The molecule has 0 bridgehead atoms. The minimum atomic E-state index is -4.30. The highest BCUT2D eigenvalue weighted by Crippen LogP contribution is 2.39. The maximum absolute atomic E-state index is 12.7. The van der Waals surface area contributed by atoms with Crippen molar-refractivity contribution in [3.8, 4) is 0 Å². The van der Waals surface area contributed by atoms with Crippen molar-refractivity contribution in [3.63, 3.8) is 0 Å². The molecule has 0 radical (unpaired) electrons. The predicted octanol–water partition coefficient (Wildman–Crippen LogP) is 3.84. The van der Waals surface area contributed by atoms with E-state index in [-0.39, 0.29) is 11.6 Å². The van der Waals surface area contributed by atoms with E-state index in [4.69, 9.17) is 4.74 Å². The third-order valence-electron chi connectivity index (χ3n) is 4.06. The van der Waals surface area contributed by atoms with Gasteiger partial charge in [-0.3, -0.25) is 0 Å². The van der Waals surface area contributed by atoms with Crippen molar-refractivity contribution in [1.29, 1.82) is 0 Å². The van der Waals surface area contributed by atoms with Gasteiger partial charge in [0.1, 0.15) is 0 Å². The van der Waals surface area contributed by atoms with Crippen molar-refractivity contribution in [2.75, 3.05) is 13.7 Å². The van der Waals surface area contributed by atoms with Crippen LogP contribution >= 0.6 is 0 Å². The summed E-state index contributed by atoms with van der Waals surface area (Å²) < 4.78 is 44.0. The topological polar surface area (TPSA) is 21.3 Å². The van der Waals surface area contributed by atoms with Gasteiger partial charge >= 0.3 is 6.18 Å². The van der Waals surface area contributed by atoms with Crippen LogP contribution in [0, 0.1) is 6.92 Å². The number of halogens is 3. The van der Waals surface area contributed by atoms with Crippen LogP contribution in [0.15, 0.2) is 18.2 Å². The lowest BCUT2D eigenvalue weighted by molar-refractivity contribution is -0.137. The Morgan fingerprint density at radius 3 is 2.50 bits per heavy atom. The molecule has 5 heteroatoms. The largest absolute Gasteiger partial charge is 0.416 e. The number of hydrogen-bond donors (Lipinski definition) is 1. The molecule has 1 aromatic rings. The van der Waals surface area contributed by atoms with Crippen LogP contribution in [0.5, 0.6) is 0 Å². The minimum absolute atomic E-state index is 0.104. The summed E-state index contributed by atoms with van der Waals surface area (Å²) in [5.41, 5.74) is 0.533. The molecule has 1 aliphatic heterocycles. The van der Waals surface area contributed by atoms with E-state index in [1.165, 1.54) is 6.07 Å². The van der Waals surface area contributed by atoms with Crippen molar-refractivity contribution < 1.29 is 17.9 Å². The van der Waals surface area contributed by atoms with E-state index in [2.05, 4.69) is 5.32 Å². The predicted molar refractivity (Wildman–Crippen MR) is 71.6 cm³/mol. The first-order valence-electron chi connectivity index (χ1n) is 6.77. The van der Waals surface area contributed by atoms with Crippen LogP contribution in [0.4, 0.5) is 13.2 Å². The Balaban J connectivity index is 2.36. The summed E-state index contributed by atoms with van der Waals surface area (Å²) in [5.74, 6) is 0. The van der Waals surface area contributed by atoms with Gasteiger partial charge in [0.15, 0.2) is 0 Å². The molecular formula is C15H20F3NO. The van der Waals surface area contributed by atoms with E-state index in [1.54, 1.807) is 13.0 Å². The van der Waals surface area contributed by atoms with Gasteiger partial charge in [-0.05, 0) is 57.0 Å². The zero-order valence-corrected chi connectivity index (χ0v) is 12.0. The fourth-order valence-electron chi connectivity index (χ4n) is 2.99. The Bertz CT molecular complexity index is 478. The summed E-state index contributed by atoms with van der Waals surface area (Å²) in [5, 5.41) is 3.19. The molecule has 2 nitrogen and oxygen atoms in total. The molecule has 1 N–H and O–H groups in total. The zero-order chi connectivity index (χ0) is 15.0. The van der Waals surface area contributed by atoms with Crippen LogP contribution in [-0.4, -0.2) is 19.3 Å². The van der Waals surface area contributed by atoms with E-state index in [0.717, 1.165) is 24.5 Å². The third kappa shape index (κ3) is 2.83. The molecule has 1 saturated heterocycles.